The summed E-state index contributed by atoms with van der Waals surface area (Å²) in [5, 5.41) is 0.573. The number of halogens is 2. The van der Waals surface area contributed by atoms with Crippen LogP contribution in [0.5, 0.6) is 0 Å². The van der Waals surface area contributed by atoms with E-state index in [9.17, 15) is 9.18 Å². The Kier molecular flexibility index (Phi) is 7.59. The molecule has 2 aromatic carbocycles. The molecule has 31 heavy (non-hydrogen) atoms. The van der Waals surface area contributed by atoms with Gasteiger partial charge in [0.2, 0.25) is 0 Å². The molecule has 0 bridgehead atoms. The van der Waals surface area contributed by atoms with Crippen molar-refractivity contribution < 1.29 is 13.9 Å². The first-order chi connectivity index (χ1) is 15.1. The smallest absolute Gasteiger partial charge is 0.254 e. The maximum atomic E-state index is 14.0. The first-order valence-electron chi connectivity index (χ1n) is 11.2. The van der Waals surface area contributed by atoms with Gasteiger partial charge in [-0.3, -0.25) is 9.69 Å². The largest absolute Gasteiger partial charge is 0.376 e. The molecule has 2 aliphatic heterocycles. The highest BCUT2D eigenvalue weighted by atomic mass is 35.5. The summed E-state index contributed by atoms with van der Waals surface area (Å²) >= 11 is 6.12. The van der Waals surface area contributed by atoms with Gasteiger partial charge in [-0.05, 0) is 69.0 Å². The van der Waals surface area contributed by atoms with Gasteiger partial charge in [0.1, 0.15) is 5.82 Å². The Balaban J connectivity index is 1.36. The summed E-state index contributed by atoms with van der Waals surface area (Å²) in [6.45, 7) is 4.59. The number of hydrogen-bond acceptors (Lipinski definition) is 3. The molecule has 0 aliphatic carbocycles. The predicted octanol–water partition coefficient (Wildman–Crippen LogP) is 5.01. The van der Waals surface area contributed by atoms with Gasteiger partial charge in [-0.25, -0.2) is 4.39 Å². The number of nitrogens with zero attached hydrogens (tertiary/aromatic N) is 2. The second-order valence-corrected chi connectivity index (χ2v) is 9.10. The maximum absolute atomic E-state index is 14.0. The van der Waals surface area contributed by atoms with E-state index in [4.69, 9.17) is 16.3 Å². The molecule has 6 heteroatoms. The van der Waals surface area contributed by atoms with Gasteiger partial charge in [-0.1, -0.05) is 35.9 Å². The molecule has 2 saturated heterocycles. The van der Waals surface area contributed by atoms with Crippen LogP contribution in [0.3, 0.4) is 0 Å². The standard InChI is InChI=1S/C25H30ClFN2O2/c26-22-7-3-6-20(15-22)25(30)29(18-23-8-4-14-31-23)16-19-10-12-28(13-11-19)17-21-5-1-2-9-24(21)27/h1-3,5-7,9,15,19,23H,4,8,10-14,16-18H2/t23-/m1/s1. The predicted molar refractivity (Wildman–Crippen MR) is 121 cm³/mol. The van der Waals surface area contributed by atoms with Gasteiger partial charge in [0.05, 0.1) is 6.10 Å². The number of amides is 1. The van der Waals surface area contributed by atoms with Crippen molar-refractivity contribution in [2.45, 2.75) is 38.3 Å². The Morgan fingerprint density at radius 1 is 1.10 bits per heavy atom. The molecule has 0 spiro atoms. The van der Waals surface area contributed by atoms with Crippen LogP contribution < -0.4 is 0 Å². The summed E-state index contributed by atoms with van der Waals surface area (Å²) in [5.74, 6) is 0.313. The average Bonchev–Trinajstić information content (AvgIpc) is 3.29. The Bertz CT molecular complexity index is 879. The van der Waals surface area contributed by atoms with Crippen LogP contribution in [0.4, 0.5) is 4.39 Å². The highest BCUT2D eigenvalue weighted by Gasteiger charge is 2.28. The molecular formula is C25H30ClFN2O2. The van der Waals surface area contributed by atoms with Crippen LogP contribution in [0.1, 0.15) is 41.6 Å². The molecule has 0 unspecified atom stereocenters. The van der Waals surface area contributed by atoms with E-state index in [1.54, 1.807) is 18.2 Å². The molecule has 1 amide bonds. The van der Waals surface area contributed by atoms with Crippen molar-refractivity contribution in [3.05, 3.63) is 70.5 Å². The van der Waals surface area contributed by atoms with Crippen molar-refractivity contribution in [3.8, 4) is 0 Å². The second kappa shape index (κ2) is 10.6. The van der Waals surface area contributed by atoms with E-state index in [1.165, 1.54) is 6.07 Å². The molecule has 2 fully saturated rings. The fourth-order valence-electron chi connectivity index (χ4n) is 4.58. The van der Waals surface area contributed by atoms with E-state index in [0.29, 0.717) is 29.6 Å². The van der Waals surface area contributed by atoms with Gasteiger partial charge in [-0.2, -0.15) is 0 Å². The Morgan fingerprint density at radius 2 is 1.90 bits per heavy atom. The maximum Gasteiger partial charge on any atom is 0.254 e. The number of benzene rings is 2. The fourth-order valence-corrected chi connectivity index (χ4v) is 4.78. The van der Waals surface area contributed by atoms with Crippen molar-refractivity contribution in [1.82, 2.24) is 9.80 Å². The van der Waals surface area contributed by atoms with Gasteiger partial charge in [-0.15, -0.1) is 0 Å². The molecule has 4 rings (SSSR count). The van der Waals surface area contributed by atoms with Crippen LogP contribution in [0.15, 0.2) is 48.5 Å². The molecule has 0 N–H and O–H groups in total. The third-order valence-electron chi connectivity index (χ3n) is 6.34. The van der Waals surface area contributed by atoms with E-state index in [0.717, 1.165) is 57.5 Å². The number of carbonyl (C=O) groups is 1. The van der Waals surface area contributed by atoms with Gasteiger partial charge < -0.3 is 9.64 Å². The summed E-state index contributed by atoms with van der Waals surface area (Å²) in [4.78, 5) is 17.5. The monoisotopic (exact) mass is 444 g/mol. The summed E-state index contributed by atoms with van der Waals surface area (Å²) in [6.07, 6.45) is 4.17. The zero-order valence-corrected chi connectivity index (χ0v) is 18.6. The third kappa shape index (κ3) is 6.06. The van der Waals surface area contributed by atoms with Crippen LogP contribution in [-0.4, -0.2) is 54.6 Å². The zero-order chi connectivity index (χ0) is 21.6. The summed E-state index contributed by atoms with van der Waals surface area (Å²) in [6, 6.07) is 14.2. The molecule has 1 atom stereocenters. The summed E-state index contributed by atoms with van der Waals surface area (Å²) in [5.41, 5.74) is 1.37. The van der Waals surface area contributed by atoms with Crippen LogP contribution in [0.25, 0.3) is 0 Å². The topological polar surface area (TPSA) is 32.8 Å². The lowest BCUT2D eigenvalue weighted by Crippen LogP contribution is -2.43. The van der Waals surface area contributed by atoms with Gasteiger partial charge in [0.25, 0.3) is 5.91 Å². The SMILES string of the molecule is O=C(c1cccc(Cl)c1)N(CC1CCN(Cc2ccccc2F)CC1)C[C@H]1CCCO1. The van der Waals surface area contributed by atoms with E-state index >= 15 is 0 Å². The van der Waals surface area contributed by atoms with Crippen molar-refractivity contribution >= 4 is 17.5 Å². The van der Waals surface area contributed by atoms with Crippen molar-refractivity contribution in [1.29, 1.82) is 0 Å². The zero-order valence-electron chi connectivity index (χ0n) is 17.8. The molecule has 2 aromatic rings. The van der Waals surface area contributed by atoms with Crippen molar-refractivity contribution in [2.75, 3.05) is 32.8 Å². The molecule has 0 radical (unpaired) electrons. The first kappa shape index (κ1) is 22.3. The lowest BCUT2D eigenvalue weighted by molar-refractivity contribution is 0.0444. The number of likely N-dealkylation sites (tertiary alicyclic amines) is 1. The quantitative estimate of drug-likeness (QED) is 0.601. The van der Waals surface area contributed by atoms with E-state index in [2.05, 4.69) is 4.90 Å². The summed E-state index contributed by atoms with van der Waals surface area (Å²) in [7, 11) is 0. The van der Waals surface area contributed by atoms with E-state index in [-0.39, 0.29) is 17.8 Å². The van der Waals surface area contributed by atoms with Crippen molar-refractivity contribution in [2.24, 2.45) is 5.92 Å². The highest BCUT2D eigenvalue weighted by molar-refractivity contribution is 6.30. The second-order valence-electron chi connectivity index (χ2n) is 8.67. The molecule has 0 saturated carbocycles. The molecule has 2 aliphatic rings. The number of rotatable bonds is 7. The Hall–Kier alpha value is -1.95. The molecule has 4 nitrogen and oxygen atoms in total. The molecule has 0 aromatic heterocycles. The minimum atomic E-state index is -0.139. The lowest BCUT2D eigenvalue weighted by atomic mass is 9.95. The van der Waals surface area contributed by atoms with Crippen molar-refractivity contribution in [3.63, 3.8) is 0 Å². The number of carbonyl (C=O) groups excluding carboxylic acids is 1. The van der Waals surface area contributed by atoms with Gasteiger partial charge in [0.15, 0.2) is 0 Å². The van der Waals surface area contributed by atoms with Gasteiger partial charge >= 0.3 is 0 Å². The lowest BCUT2D eigenvalue weighted by Gasteiger charge is -2.35. The van der Waals surface area contributed by atoms with E-state index in [1.807, 2.05) is 29.2 Å². The fraction of sp³-hybridized carbons (Fsp3) is 0.480. The van der Waals surface area contributed by atoms with Crippen LogP contribution >= 0.6 is 11.6 Å². The first-order valence-corrected chi connectivity index (χ1v) is 11.6. The third-order valence-corrected chi connectivity index (χ3v) is 6.58. The Morgan fingerprint density at radius 3 is 2.61 bits per heavy atom. The minimum absolute atomic E-state index is 0.0202. The summed E-state index contributed by atoms with van der Waals surface area (Å²) < 4.78 is 19.8. The number of ether oxygens (including phenoxy) is 1. The Labute approximate surface area is 188 Å². The minimum Gasteiger partial charge on any atom is -0.376 e. The molecule has 166 valence electrons. The normalized spacial score (nSPS) is 20.1. The number of piperidine rings is 1. The van der Waals surface area contributed by atoms with E-state index < -0.39 is 0 Å². The van der Waals surface area contributed by atoms with Crippen LogP contribution in [0, 0.1) is 11.7 Å². The highest BCUT2D eigenvalue weighted by Crippen LogP contribution is 2.24. The average molecular weight is 445 g/mol. The van der Waals surface area contributed by atoms with Gasteiger partial charge in [0, 0.05) is 42.4 Å². The van der Waals surface area contributed by atoms with Crippen LogP contribution in [0.2, 0.25) is 5.02 Å². The van der Waals surface area contributed by atoms with Crippen LogP contribution in [-0.2, 0) is 11.3 Å². The number of hydrogen-bond donors (Lipinski definition) is 0. The molecular weight excluding hydrogens is 415 g/mol. The molecule has 2 heterocycles.